The monoisotopic (exact) mass is 349 g/mol. The molecule has 0 amide bonds. The van der Waals surface area contributed by atoms with Crippen LogP contribution in [-0.2, 0) is 9.53 Å². The fourth-order valence-corrected chi connectivity index (χ4v) is 1.54. The van der Waals surface area contributed by atoms with E-state index in [0.717, 1.165) is 18.9 Å². The molecule has 0 rings (SSSR count). The molecule has 0 aliphatic rings. The summed E-state index contributed by atoms with van der Waals surface area (Å²) in [6, 6.07) is 0. The third kappa shape index (κ3) is 4.48. The Labute approximate surface area is 119 Å². The van der Waals surface area contributed by atoms with E-state index < -0.39 is 43.1 Å². The van der Waals surface area contributed by atoms with Crippen molar-refractivity contribution in [3.63, 3.8) is 0 Å². The highest BCUT2D eigenvalue weighted by Gasteiger charge is 2.85. The average molecular weight is 349 g/mol. The molecule has 0 aromatic heterocycles. The van der Waals surface area contributed by atoms with Crippen molar-refractivity contribution in [1.82, 2.24) is 4.90 Å². The Hall–Kier alpha value is -1.04. The van der Waals surface area contributed by atoms with Crippen LogP contribution in [-0.4, -0.2) is 61.6 Å². The number of ketones is 1. The summed E-state index contributed by atoms with van der Waals surface area (Å²) in [5.74, 6) is -0.476. The van der Waals surface area contributed by atoms with Crippen LogP contribution in [0.4, 0.5) is 39.5 Å². The molecule has 0 N–H and O–H groups in total. The normalized spacial score (nSPS) is 14.5. The lowest BCUT2D eigenvalue weighted by Crippen LogP contribution is -2.68. The number of hydrogen-bond acceptors (Lipinski definition) is 3. The van der Waals surface area contributed by atoms with E-state index in [-0.39, 0.29) is 6.54 Å². The molecule has 3 nitrogen and oxygen atoms in total. The summed E-state index contributed by atoms with van der Waals surface area (Å²) in [4.78, 5) is 11.6. The summed E-state index contributed by atoms with van der Waals surface area (Å²) in [7, 11) is 1.13. The zero-order valence-electron chi connectivity index (χ0n) is 11.3. The van der Waals surface area contributed by atoms with Gasteiger partial charge in [0, 0.05) is 6.54 Å². The molecule has 0 unspecified atom stereocenters. The largest absolute Gasteiger partial charge is 0.435 e. The quantitative estimate of drug-likeness (QED) is 0.691. The van der Waals surface area contributed by atoms with Gasteiger partial charge in [-0.15, -0.1) is 0 Å². The SMILES string of the molecule is CC(=O)CN(C)CCOC(C(F)(F)F)(C(F)(F)F)C(F)(F)F. The third-order valence-corrected chi connectivity index (χ3v) is 2.48. The number of nitrogens with zero attached hydrogens (tertiary/aromatic N) is 1. The van der Waals surface area contributed by atoms with Crippen molar-refractivity contribution in [2.24, 2.45) is 0 Å². The number of alkyl halides is 9. The van der Waals surface area contributed by atoms with E-state index in [0.29, 0.717) is 0 Å². The molecular formula is C10H12F9NO2. The maximum absolute atomic E-state index is 12.5. The fraction of sp³-hybridized carbons (Fsp3) is 0.900. The van der Waals surface area contributed by atoms with E-state index in [4.69, 9.17) is 0 Å². The van der Waals surface area contributed by atoms with Crippen molar-refractivity contribution in [2.75, 3.05) is 26.7 Å². The minimum atomic E-state index is -6.75. The molecule has 0 spiro atoms. The topological polar surface area (TPSA) is 29.5 Å². The average Bonchev–Trinajstić information content (AvgIpc) is 2.16. The van der Waals surface area contributed by atoms with Crippen LogP contribution in [0.3, 0.4) is 0 Å². The molecule has 22 heavy (non-hydrogen) atoms. The number of carbonyl (C=O) groups is 1. The summed E-state index contributed by atoms with van der Waals surface area (Å²) in [5, 5.41) is 0. The van der Waals surface area contributed by atoms with Gasteiger partial charge in [-0.05, 0) is 14.0 Å². The lowest BCUT2D eigenvalue weighted by atomic mass is 10.0. The first-order chi connectivity index (χ1) is 9.56. The predicted molar refractivity (Wildman–Crippen MR) is 55.0 cm³/mol. The first-order valence-corrected chi connectivity index (χ1v) is 5.58. The standard InChI is InChI=1S/C10H12F9NO2/c1-6(21)5-20(2)3-4-22-7(8(11,12)13,9(14,15)16)10(17,18)19/h3-5H2,1-2H3. The summed E-state index contributed by atoms with van der Waals surface area (Å²) in [5.41, 5.74) is -6.27. The molecular weight excluding hydrogens is 337 g/mol. The van der Waals surface area contributed by atoms with Gasteiger partial charge in [-0.2, -0.15) is 39.5 Å². The van der Waals surface area contributed by atoms with Crippen LogP contribution in [0.1, 0.15) is 6.92 Å². The van der Waals surface area contributed by atoms with Gasteiger partial charge in [-0.25, -0.2) is 0 Å². The Kier molecular flexibility index (Phi) is 6.29. The van der Waals surface area contributed by atoms with Gasteiger partial charge in [-0.1, -0.05) is 0 Å². The van der Waals surface area contributed by atoms with E-state index in [1.807, 2.05) is 0 Å². The number of hydrogen-bond donors (Lipinski definition) is 0. The van der Waals surface area contributed by atoms with Gasteiger partial charge >= 0.3 is 24.1 Å². The van der Waals surface area contributed by atoms with E-state index in [1.54, 1.807) is 0 Å². The maximum atomic E-state index is 12.5. The number of carbonyl (C=O) groups excluding carboxylic acids is 1. The predicted octanol–water partition coefficient (Wildman–Crippen LogP) is 2.95. The van der Waals surface area contributed by atoms with Crippen molar-refractivity contribution < 1.29 is 49.0 Å². The smallest absolute Gasteiger partial charge is 0.350 e. The maximum Gasteiger partial charge on any atom is 0.435 e. The Morgan fingerprint density at radius 1 is 0.909 bits per heavy atom. The van der Waals surface area contributed by atoms with E-state index in [9.17, 15) is 44.3 Å². The van der Waals surface area contributed by atoms with Crippen LogP contribution >= 0.6 is 0 Å². The van der Waals surface area contributed by atoms with E-state index in [1.165, 1.54) is 0 Å². The van der Waals surface area contributed by atoms with Gasteiger partial charge < -0.3 is 4.74 Å². The number of rotatable bonds is 6. The molecule has 0 atom stereocenters. The summed E-state index contributed by atoms with van der Waals surface area (Å²) in [6.45, 7) is -1.53. The van der Waals surface area contributed by atoms with Gasteiger partial charge in [0.15, 0.2) is 0 Å². The third-order valence-electron chi connectivity index (χ3n) is 2.48. The molecule has 0 saturated heterocycles. The van der Waals surface area contributed by atoms with Gasteiger partial charge in [0.25, 0.3) is 0 Å². The van der Waals surface area contributed by atoms with Crippen LogP contribution in [0.25, 0.3) is 0 Å². The van der Waals surface area contributed by atoms with Gasteiger partial charge in [0.05, 0.1) is 13.2 Å². The highest BCUT2D eigenvalue weighted by atomic mass is 19.4. The Balaban J connectivity index is 5.33. The molecule has 0 bridgehead atoms. The van der Waals surface area contributed by atoms with Crippen molar-refractivity contribution >= 4 is 5.78 Å². The second-order valence-electron chi connectivity index (χ2n) is 4.46. The van der Waals surface area contributed by atoms with Crippen LogP contribution < -0.4 is 0 Å². The summed E-state index contributed by atoms with van der Waals surface area (Å²) < 4.78 is 115. The van der Waals surface area contributed by atoms with E-state index in [2.05, 4.69) is 4.74 Å². The highest BCUT2D eigenvalue weighted by molar-refractivity contribution is 5.77. The Morgan fingerprint density at radius 3 is 1.55 bits per heavy atom. The van der Waals surface area contributed by atoms with Crippen LogP contribution in [0.2, 0.25) is 0 Å². The minimum absolute atomic E-state index is 0.361. The molecule has 0 aromatic rings. The molecule has 12 heteroatoms. The summed E-state index contributed by atoms with van der Waals surface area (Å²) >= 11 is 0. The lowest BCUT2D eigenvalue weighted by molar-refractivity contribution is -0.457. The number of halogens is 9. The second kappa shape index (κ2) is 6.60. The molecule has 0 aliphatic carbocycles. The number of Topliss-reactive ketones (excluding diaryl/α,β-unsaturated/α-hetero) is 1. The molecule has 0 heterocycles. The minimum Gasteiger partial charge on any atom is -0.350 e. The second-order valence-corrected chi connectivity index (χ2v) is 4.46. The van der Waals surface area contributed by atoms with Crippen LogP contribution in [0, 0.1) is 0 Å². The van der Waals surface area contributed by atoms with Crippen molar-refractivity contribution in [3.8, 4) is 0 Å². The van der Waals surface area contributed by atoms with Crippen molar-refractivity contribution in [1.29, 1.82) is 0 Å². The van der Waals surface area contributed by atoms with Crippen molar-refractivity contribution in [3.05, 3.63) is 0 Å². The molecule has 0 aliphatic heterocycles. The lowest BCUT2D eigenvalue weighted by Gasteiger charge is -2.38. The van der Waals surface area contributed by atoms with Crippen molar-refractivity contribution in [2.45, 2.75) is 31.1 Å². The zero-order chi connectivity index (χ0) is 18.0. The van der Waals surface area contributed by atoms with Gasteiger partial charge in [0.1, 0.15) is 5.78 Å². The summed E-state index contributed by atoms with van der Waals surface area (Å²) in [6.07, 6.45) is -20.2. The molecule has 0 saturated carbocycles. The number of likely N-dealkylation sites (N-methyl/N-ethyl adjacent to an activating group) is 1. The van der Waals surface area contributed by atoms with E-state index >= 15 is 0 Å². The molecule has 0 fully saturated rings. The molecule has 132 valence electrons. The highest BCUT2D eigenvalue weighted by Crippen LogP contribution is 2.54. The van der Waals surface area contributed by atoms with Gasteiger partial charge in [-0.3, -0.25) is 9.69 Å². The first-order valence-electron chi connectivity index (χ1n) is 5.58. The number of ether oxygens (including phenoxy) is 1. The Bertz CT molecular complexity index is 349. The fourth-order valence-electron chi connectivity index (χ4n) is 1.54. The first kappa shape index (κ1) is 21.0. The molecule has 0 radical (unpaired) electrons. The van der Waals surface area contributed by atoms with Crippen LogP contribution in [0.15, 0.2) is 0 Å². The zero-order valence-corrected chi connectivity index (χ0v) is 11.3. The Morgan fingerprint density at radius 2 is 1.27 bits per heavy atom. The van der Waals surface area contributed by atoms with Gasteiger partial charge in [0.2, 0.25) is 0 Å². The molecule has 0 aromatic carbocycles. The van der Waals surface area contributed by atoms with Crippen LogP contribution in [0.5, 0.6) is 0 Å².